The molecule has 0 bridgehead atoms. The molecule has 1 heterocycles. The van der Waals surface area contributed by atoms with Crippen molar-refractivity contribution in [1.82, 2.24) is 15.1 Å². The van der Waals surface area contributed by atoms with Crippen LogP contribution in [0.2, 0.25) is 0 Å². The molecule has 0 aliphatic heterocycles. The second-order valence-electron chi connectivity index (χ2n) is 4.27. The molecule has 2 unspecified atom stereocenters. The zero-order valence-electron chi connectivity index (χ0n) is 10.4. The molecule has 0 spiro atoms. The van der Waals surface area contributed by atoms with Crippen molar-refractivity contribution in [3.8, 4) is 0 Å². The summed E-state index contributed by atoms with van der Waals surface area (Å²) in [5.41, 5.74) is 0. The molecule has 3 heteroatoms. The van der Waals surface area contributed by atoms with Crippen LogP contribution in [0, 0.1) is 0 Å². The molecule has 1 N–H and O–H groups in total. The topological polar surface area (TPSA) is 29.9 Å². The molecular formula is C13H23N3. The van der Waals surface area contributed by atoms with Crippen molar-refractivity contribution in [2.24, 2.45) is 0 Å². The lowest BCUT2D eigenvalue weighted by atomic mass is 10.1. The summed E-state index contributed by atoms with van der Waals surface area (Å²) >= 11 is 0. The van der Waals surface area contributed by atoms with Gasteiger partial charge in [-0.1, -0.05) is 13.0 Å². The molecule has 0 fully saturated rings. The zero-order chi connectivity index (χ0) is 11.8. The summed E-state index contributed by atoms with van der Waals surface area (Å²) in [6, 6.07) is 3.00. The van der Waals surface area contributed by atoms with E-state index in [1.807, 2.05) is 29.2 Å². The maximum Gasteiger partial charge on any atom is 0.0560 e. The van der Waals surface area contributed by atoms with E-state index in [0.29, 0.717) is 12.1 Å². The average molecular weight is 221 g/mol. The Hall–Kier alpha value is -1.09. The van der Waals surface area contributed by atoms with Gasteiger partial charge < -0.3 is 5.32 Å². The van der Waals surface area contributed by atoms with Gasteiger partial charge in [0.1, 0.15) is 0 Å². The first-order valence-electron chi connectivity index (χ1n) is 6.10. The summed E-state index contributed by atoms with van der Waals surface area (Å²) in [7, 11) is 0. The van der Waals surface area contributed by atoms with Gasteiger partial charge in [-0.2, -0.15) is 5.10 Å². The van der Waals surface area contributed by atoms with Crippen LogP contribution >= 0.6 is 0 Å². The van der Waals surface area contributed by atoms with E-state index in [9.17, 15) is 0 Å². The third-order valence-electron chi connectivity index (χ3n) is 2.75. The molecule has 0 amide bonds. The van der Waals surface area contributed by atoms with Gasteiger partial charge >= 0.3 is 0 Å². The number of nitrogens with zero attached hydrogens (tertiary/aromatic N) is 2. The van der Waals surface area contributed by atoms with Gasteiger partial charge in [0.25, 0.3) is 0 Å². The molecule has 1 rings (SSSR count). The largest absolute Gasteiger partial charge is 0.310 e. The second kappa shape index (κ2) is 7.23. The Balaban J connectivity index is 2.30. The Labute approximate surface area is 98.5 Å². The highest BCUT2D eigenvalue weighted by Crippen LogP contribution is 2.04. The molecule has 16 heavy (non-hydrogen) atoms. The number of aromatic nitrogens is 2. The van der Waals surface area contributed by atoms with Crippen LogP contribution in [0.5, 0.6) is 0 Å². The van der Waals surface area contributed by atoms with E-state index in [0.717, 1.165) is 19.4 Å². The van der Waals surface area contributed by atoms with Crippen molar-refractivity contribution in [3.05, 3.63) is 31.1 Å². The standard InChI is InChI=1S/C13H23N3/c1-4-6-8-13(5-2)15-12(3)11-16-10-7-9-14-16/h4,7,9-10,12-13,15H,1,5-6,8,11H2,2-3H3. The summed E-state index contributed by atoms with van der Waals surface area (Å²) in [6.07, 6.45) is 9.23. The lowest BCUT2D eigenvalue weighted by molar-refractivity contribution is 0.374. The van der Waals surface area contributed by atoms with Crippen molar-refractivity contribution in [1.29, 1.82) is 0 Å². The monoisotopic (exact) mass is 221 g/mol. The lowest BCUT2D eigenvalue weighted by Gasteiger charge is -2.21. The molecule has 1 aromatic heterocycles. The summed E-state index contributed by atoms with van der Waals surface area (Å²) in [5.74, 6) is 0. The van der Waals surface area contributed by atoms with E-state index >= 15 is 0 Å². The van der Waals surface area contributed by atoms with Gasteiger partial charge in [-0.25, -0.2) is 0 Å². The minimum atomic E-state index is 0.453. The maximum absolute atomic E-state index is 4.21. The lowest BCUT2D eigenvalue weighted by Crippen LogP contribution is -2.38. The van der Waals surface area contributed by atoms with Crippen molar-refractivity contribution in [3.63, 3.8) is 0 Å². The molecule has 1 aromatic rings. The molecule has 0 aliphatic carbocycles. The van der Waals surface area contributed by atoms with Gasteiger partial charge in [0.05, 0.1) is 6.54 Å². The molecule has 0 saturated carbocycles. The van der Waals surface area contributed by atoms with Gasteiger partial charge in [-0.3, -0.25) is 4.68 Å². The first-order valence-corrected chi connectivity index (χ1v) is 6.10. The molecule has 3 nitrogen and oxygen atoms in total. The van der Waals surface area contributed by atoms with Crippen LogP contribution in [0.3, 0.4) is 0 Å². The normalized spacial score (nSPS) is 14.6. The minimum absolute atomic E-state index is 0.453. The molecule has 0 radical (unpaired) electrons. The molecule has 0 saturated heterocycles. The van der Waals surface area contributed by atoms with Crippen molar-refractivity contribution >= 4 is 0 Å². The summed E-state index contributed by atoms with van der Waals surface area (Å²) in [5, 5.41) is 7.84. The van der Waals surface area contributed by atoms with E-state index in [4.69, 9.17) is 0 Å². The van der Waals surface area contributed by atoms with Gasteiger partial charge in [0.15, 0.2) is 0 Å². The first-order chi connectivity index (χ1) is 7.76. The predicted octanol–water partition coefficient (Wildman–Crippen LogP) is 2.61. The number of nitrogens with one attached hydrogen (secondary N) is 1. The van der Waals surface area contributed by atoms with Crippen molar-refractivity contribution < 1.29 is 0 Å². The van der Waals surface area contributed by atoms with E-state index in [1.165, 1.54) is 6.42 Å². The Morgan fingerprint density at radius 1 is 1.56 bits per heavy atom. The summed E-state index contributed by atoms with van der Waals surface area (Å²) < 4.78 is 1.97. The molecule has 2 atom stereocenters. The highest BCUT2D eigenvalue weighted by molar-refractivity contribution is 4.80. The van der Waals surface area contributed by atoms with Crippen molar-refractivity contribution in [2.75, 3.05) is 0 Å². The number of allylic oxidation sites excluding steroid dienone is 1. The smallest absolute Gasteiger partial charge is 0.0560 e. The van der Waals surface area contributed by atoms with E-state index in [1.54, 1.807) is 0 Å². The SMILES string of the molecule is C=CCCC(CC)NC(C)Cn1cccn1. The Morgan fingerprint density at radius 3 is 2.94 bits per heavy atom. The van der Waals surface area contributed by atoms with E-state index < -0.39 is 0 Å². The fraction of sp³-hybridized carbons (Fsp3) is 0.615. The number of hydrogen-bond donors (Lipinski definition) is 1. The van der Waals surface area contributed by atoms with Crippen LogP contribution in [-0.2, 0) is 6.54 Å². The third-order valence-corrected chi connectivity index (χ3v) is 2.75. The van der Waals surface area contributed by atoms with Crippen molar-refractivity contribution in [2.45, 2.75) is 51.7 Å². The highest BCUT2D eigenvalue weighted by Gasteiger charge is 2.09. The quantitative estimate of drug-likeness (QED) is 0.684. The molecule has 0 aromatic carbocycles. The Bertz CT molecular complexity index is 279. The molecule has 0 aliphatic rings. The third kappa shape index (κ3) is 4.62. The fourth-order valence-corrected chi connectivity index (χ4v) is 1.87. The number of rotatable bonds is 8. The predicted molar refractivity (Wildman–Crippen MR) is 68.3 cm³/mol. The van der Waals surface area contributed by atoms with Crippen LogP contribution in [0.4, 0.5) is 0 Å². The van der Waals surface area contributed by atoms with Crippen LogP contribution < -0.4 is 5.32 Å². The van der Waals surface area contributed by atoms with E-state index in [2.05, 4.69) is 30.8 Å². The fourth-order valence-electron chi connectivity index (χ4n) is 1.87. The first kappa shape index (κ1) is 13.0. The maximum atomic E-state index is 4.21. The zero-order valence-corrected chi connectivity index (χ0v) is 10.4. The van der Waals surface area contributed by atoms with Gasteiger partial charge in [-0.15, -0.1) is 6.58 Å². The molecular weight excluding hydrogens is 198 g/mol. The minimum Gasteiger partial charge on any atom is -0.310 e. The van der Waals surface area contributed by atoms with Crippen LogP contribution in [0.25, 0.3) is 0 Å². The summed E-state index contributed by atoms with van der Waals surface area (Å²) in [6.45, 7) is 9.12. The highest BCUT2D eigenvalue weighted by atomic mass is 15.3. The van der Waals surface area contributed by atoms with Gasteiger partial charge in [0, 0.05) is 24.5 Å². The average Bonchev–Trinajstić information content (AvgIpc) is 2.76. The number of hydrogen-bond acceptors (Lipinski definition) is 2. The summed E-state index contributed by atoms with van der Waals surface area (Å²) in [4.78, 5) is 0. The van der Waals surface area contributed by atoms with Crippen LogP contribution in [-0.4, -0.2) is 21.9 Å². The van der Waals surface area contributed by atoms with Gasteiger partial charge in [-0.05, 0) is 32.3 Å². The van der Waals surface area contributed by atoms with Crippen LogP contribution in [0.1, 0.15) is 33.1 Å². The molecule has 90 valence electrons. The second-order valence-corrected chi connectivity index (χ2v) is 4.27. The van der Waals surface area contributed by atoms with Gasteiger partial charge in [0.2, 0.25) is 0 Å². The Morgan fingerprint density at radius 2 is 2.38 bits per heavy atom. The Kier molecular flexibility index (Phi) is 5.86. The van der Waals surface area contributed by atoms with E-state index in [-0.39, 0.29) is 0 Å². The van der Waals surface area contributed by atoms with Crippen LogP contribution in [0.15, 0.2) is 31.1 Å².